The average molecular weight is 342 g/mol. The summed E-state index contributed by atoms with van der Waals surface area (Å²) in [7, 11) is 0. The Morgan fingerprint density at radius 2 is 2.42 bits per heavy atom. The normalized spacial score (nSPS) is 29.9. The molecule has 2 aliphatic heterocycles. The molecule has 0 bridgehead atoms. The summed E-state index contributed by atoms with van der Waals surface area (Å²) < 4.78 is 7.53. The molecule has 2 aliphatic rings. The SMILES string of the molecule is CCNC1CC2(CCCSC2)Oc2cc(Br)ccc21. The first-order valence-corrected chi connectivity index (χ1v) is 8.97. The van der Waals surface area contributed by atoms with Crippen molar-refractivity contribution < 1.29 is 4.74 Å². The summed E-state index contributed by atoms with van der Waals surface area (Å²) in [5.41, 5.74) is 1.36. The second kappa shape index (κ2) is 5.66. The summed E-state index contributed by atoms with van der Waals surface area (Å²) in [6.45, 7) is 3.18. The Labute approximate surface area is 127 Å². The third-order valence-electron chi connectivity index (χ3n) is 3.99. The first-order chi connectivity index (χ1) is 9.22. The van der Waals surface area contributed by atoms with Gasteiger partial charge in [-0.05, 0) is 37.3 Å². The van der Waals surface area contributed by atoms with Crippen molar-refractivity contribution in [1.29, 1.82) is 0 Å². The molecule has 19 heavy (non-hydrogen) atoms. The minimum absolute atomic E-state index is 0.0452. The lowest BCUT2D eigenvalue weighted by Crippen LogP contribution is -2.47. The van der Waals surface area contributed by atoms with Gasteiger partial charge in [-0.3, -0.25) is 0 Å². The molecular formula is C15H20BrNOS. The Bertz CT molecular complexity index is 459. The number of halogens is 1. The van der Waals surface area contributed by atoms with Crippen LogP contribution in [0.4, 0.5) is 0 Å². The monoisotopic (exact) mass is 341 g/mol. The van der Waals surface area contributed by atoms with Crippen LogP contribution in [0.2, 0.25) is 0 Å². The Kier molecular flexibility index (Phi) is 4.11. The zero-order valence-corrected chi connectivity index (χ0v) is 13.6. The van der Waals surface area contributed by atoms with E-state index in [-0.39, 0.29) is 5.60 Å². The lowest BCUT2D eigenvalue weighted by Gasteiger charge is -2.44. The minimum Gasteiger partial charge on any atom is -0.486 e. The summed E-state index contributed by atoms with van der Waals surface area (Å²) in [5.74, 6) is 3.47. The van der Waals surface area contributed by atoms with Crippen molar-refractivity contribution in [2.45, 2.75) is 37.8 Å². The van der Waals surface area contributed by atoms with Crippen LogP contribution in [0.25, 0.3) is 0 Å². The number of ether oxygens (including phenoxy) is 1. The van der Waals surface area contributed by atoms with Crippen LogP contribution in [0, 0.1) is 0 Å². The van der Waals surface area contributed by atoms with Crippen molar-refractivity contribution >= 4 is 27.7 Å². The fourth-order valence-electron chi connectivity index (χ4n) is 3.14. The number of thioether (sulfide) groups is 1. The first-order valence-electron chi connectivity index (χ1n) is 7.02. The summed E-state index contributed by atoms with van der Waals surface area (Å²) in [4.78, 5) is 0. The number of hydrogen-bond donors (Lipinski definition) is 1. The van der Waals surface area contributed by atoms with E-state index in [1.54, 1.807) is 0 Å². The molecule has 2 unspecified atom stereocenters. The van der Waals surface area contributed by atoms with Gasteiger partial charge in [0.25, 0.3) is 0 Å². The second-order valence-corrected chi connectivity index (χ2v) is 7.46. The molecular weight excluding hydrogens is 322 g/mol. The number of rotatable bonds is 2. The van der Waals surface area contributed by atoms with E-state index in [1.165, 1.54) is 24.2 Å². The fourth-order valence-corrected chi connectivity index (χ4v) is 4.66. The van der Waals surface area contributed by atoms with Crippen LogP contribution in [0.3, 0.4) is 0 Å². The third-order valence-corrected chi connectivity index (χ3v) is 5.79. The second-order valence-electron chi connectivity index (χ2n) is 5.44. The molecule has 0 aromatic heterocycles. The first kappa shape index (κ1) is 13.8. The zero-order chi connectivity index (χ0) is 13.3. The van der Waals surface area contributed by atoms with E-state index in [4.69, 9.17) is 4.74 Å². The van der Waals surface area contributed by atoms with Gasteiger partial charge in [0, 0.05) is 28.3 Å². The van der Waals surface area contributed by atoms with Crippen molar-refractivity contribution in [2.75, 3.05) is 18.1 Å². The zero-order valence-electron chi connectivity index (χ0n) is 11.2. The van der Waals surface area contributed by atoms with Crippen LogP contribution in [-0.4, -0.2) is 23.7 Å². The largest absolute Gasteiger partial charge is 0.486 e. The van der Waals surface area contributed by atoms with Crippen LogP contribution in [0.5, 0.6) is 5.75 Å². The maximum atomic E-state index is 6.43. The molecule has 3 rings (SSSR count). The van der Waals surface area contributed by atoms with Crippen molar-refractivity contribution in [2.24, 2.45) is 0 Å². The Morgan fingerprint density at radius 1 is 1.53 bits per heavy atom. The molecule has 0 amide bonds. The summed E-state index contributed by atoms with van der Waals surface area (Å²) in [6.07, 6.45) is 3.56. The smallest absolute Gasteiger partial charge is 0.126 e. The minimum atomic E-state index is 0.0452. The van der Waals surface area contributed by atoms with Gasteiger partial charge in [-0.1, -0.05) is 28.9 Å². The highest BCUT2D eigenvalue weighted by atomic mass is 79.9. The van der Waals surface area contributed by atoms with Gasteiger partial charge in [0.2, 0.25) is 0 Å². The maximum Gasteiger partial charge on any atom is 0.126 e. The van der Waals surface area contributed by atoms with Gasteiger partial charge in [-0.2, -0.15) is 11.8 Å². The molecule has 2 atom stereocenters. The molecule has 1 N–H and O–H groups in total. The molecule has 4 heteroatoms. The Balaban J connectivity index is 1.94. The number of benzene rings is 1. The van der Waals surface area contributed by atoms with E-state index < -0.39 is 0 Å². The van der Waals surface area contributed by atoms with Crippen LogP contribution in [0.1, 0.15) is 37.8 Å². The van der Waals surface area contributed by atoms with Crippen LogP contribution in [0.15, 0.2) is 22.7 Å². The molecule has 104 valence electrons. The van der Waals surface area contributed by atoms with Gasteiger partial charge in [0.05, 0.1) is 0 Å². The summed E-state index contributed by atoms with van der Waals surface area (Å²) in [6, 6.07) is 6.86. The molecule has 2 heterocycles. The third kappa shape index (κ3) is 2.81. The van der Waals surface area contributed by atoms with Gasteiger partial charge in [-0.25, -0.2) is 0 Å². The van der Waals surface area contributed by atoms with Crippen molar-refractivity contribution in [1.82, 2.24) is 5.32 Å². The number of fused-ring (bicyclic) bond motifs is 1. The van der Waals surface area contributed by atoms with Crippen molar-refractivity contribution in [3.05, 3.63) is 28.2 Å². The summed E-state index contributed by atoms with van der Waals surface area (Å²) >= 11 is 5.59. The predicted octanol–water partition coefficient (Wildman–Crippen LogP) is 4.15. The van der Waals surface area contributed by atoms with Crippen LogP contribution >= 0.6 is 27.7 Å². The topological polar surface area (TPSA) is 21.3 Å². The Morgan fingerprint density at radius 3 is 3.16 bits per heavy atom. The molecule has 0 radical (unpaired) electrons. The van der Waals surface area contributed by atoms with E-state index in [1.807, 2.05) is 11.8 Å². The van der Waals surface area contributed by atoms with Crippen molar-refractivity contribution in [3.8, 4) is 5.75 Å². The molecule has 1 spiro atoms. The fraction of sp³-hybridized carbons (Fsp3) is 0.600. The lowest BCUT2D eigenvalue weighted by atomic mass is 9.85. The quantitative estimate of drug-likeness (QED) is 0.873. The maximum absolute atomic E-state index is 6.43. The highest BCUT2D eigenvalue weighted by Crippen LogP contribution is 2.45. The molecule has 1 saturated heterocycles. The van der Waals surface area contributed by atoms with Gasteiger partial charge in [0.15, 0.2) is 0 Å². The summed E-state index contributed by atoms with van der Waals surface area (Å²) in [5, 5.41) is 3.63. The van der Waals surface area contributed by atoms with Gasteiger partial charge in [-0.15, -0.1) is 0 Å². The molecule has 0 aliphatic carbocycles. The van der Waals surface area contributed by atoms with Crippen LogP contribution < -0.4 is 10.1 Å². The van der Waals surface area contributed by atoms with Crippen molar-refractivity contribution in [3.63, 3.8) is 0 Å². The lowest BCUT2D eigenvalue weighted by molar-refractivity contribution is 0.0415. The van der Waals surface area contributed by atoms with Gasteiger partial charge >= 0.3 is 0 Å². The standard InChI is InChI=1S/C15H20BrNOS/c1-2-17-13-9-15(6-3-7-19-10-15)18-14-8-11(16)4-5-12(13)14/h4-5,8,13,17H,2-3,6-7,9-10H2,1H3. The van der Waals surface area contributed by atoms with Gasteiger partial charge < -0.3 is 10.1 Å². The van der Waals surface area contributed by atoms with Crippen LogP contribution in [-0.2, 0) is 0 Å². The highest BCUT2D eigenvalue weighted by Gasteiger charge is 2.41. The predicted molar refractivity (Wildman–Crippen MR) is 85.1 cm³/mol. The van der Waals surface area contributed by atoms with E-state index >= 15 is 0 Å². The number of nitrogens with one attached hydrogen (secondary N) is 1. The molecule has 2 nitrogen and oxygen atoms in total. The molecule has 1 aromatic carbocycles. The molecule has 0 saturated carbocycles. The molecule has 1 aromatic rings. The van der Waals surface area contributed by atoms with E-state index in [0.717, 1.165) is 28.9 Å². The van der Waals surface area contributed by atoms with E-state index in [9.17, 15) is 0 Å². The van der Waals surface area contributed by atoms with E-state index in [2.05, 4.69) is 46.4 Å². The Hall–Kier alpha value is -0.190. The van der Waals surface area contributed by atoms with E-state index in [0.29, 0.717) is 6.04 Å². The average Bonchev–Trinajstić information content (AvgIpc) is 2.39. The molecule has 1 fully saturated rings. The number of hydrogen-bond acceptors (Lipinski definition) is 3. The highest BCUT2D eigenvalue weighted by molar-refractivity contribution is 9.10. The van der Waals surface area contributed by atoms with Gasteiger partial charge in [0.1, 0.15) is 11.4 Å².